The maximum Gasteiger partial charge on any atom is 0.459 e. The van der Waals surface area contributed by atoms with Crippen molar-refractivity contribution in [2.45, 2.75) is 89.5 Å². The number of aliphatic hydroxyl groups is 1. The number of para-hydroxylation sites is 1. The highest BCUT2D eigenvalue weighted by atomic mass is 31.2. The van der Waals surface area contributed by atoms with Gasteiger partial charge in [-0.25, -0.2) is 9.36 Å². The van der Waals surface area contributed by atoms with E-state index in [1.807, 2.05) is 6.07 Å². The molecule has 50 heavy (non-hydrogen) atoms. The van der Waals surface area contributed by atoms with Crippen LogP contribution in [0.1, 0.15) is 63.2 Å². The number of esters is 1. The first-order valence-corrected chi connectivity index (χ1v) is 17.5. The summed E-state index contributed by atoms with van der Waals surface area (Å²) in [6.07, 6.45) is -4.43. The number of rotatable bonds is 12. The van der Waals surface area contributed by atoms with E-state index in [0.29, 0.717) is 10.1 Å². The van der Waals surface area contributed by atoms with Gasteiger partial charge in [0.05, 0.1) is 12.7 Å². The van der Waals surface area contributed by atoms with E-state index in [9.17, 15) is 24.1 Å². The number of hydrogen-bond acceptors (Lipinski definition) is 11. The van der Waals surface area contributed by atoms with Crippen molar-refractivity contribution < 1.29 is 46.6 Å². The summed E-state index contributed by atoms with van der Waals surface area (Å²) in [4.78, 5) is 42.0. The van der Waals surface area contributed by atoms with Crippen molar-refractivity contribution in [2.75, 3.05) is 17.2 Å². The zero-order valence-corrected chi connectivity index (χ0v) is 29.0. The molecule has 14 nitrogen and oxygen atoms in total. The van der Waals surface area contributed by atoms with Gasteiger partial charge in [-0.2, -0.15) is 18.9 Å². The minimum Gasteiger partial charge on any atom is -0.462 e. The maximum atomic E-state index is 15.4. The van der Waals surface area contributed by atoms with Gasteiger partial charge in [0.2, 0.25) is 6.23 Å². The second-order valence-corrected chi connectivity index (χ2v) is 14.7. The van der Waals surface area contributed by atoms with Crippen LogP contribution in [-0.2, 0) is 29.8 Å². The van der Waals surface area contributed by atoms with Crippen LogP contribution in [0.25, 0.3) is 0 Å². The number of nitrogens with zero attached hydrogens (tertiary/aromatic N) is 2. The molecule has 0 saturated carbocycles. The molecule has 1 amide bonds. The number of aliphatic hydroxyl groups excluding tert-OH is 1. The minimum atomic E-state index is -4.49. The van der Waals surface area contributed by atoms with Crippen LogP contribution < -0.4 is 25.9 Å². The van der Waals surface area contributed by atoms with Gasteiger partial charge in [0, 0.05) is 23.0 Å². The Hall–Kier alpha value is -4.21. The number of hydrogen-bond donors (Lipinski definition) is 4. The third-order valence-corrected chi connectivity index (χ3v) is 9.65. The smallest absolute Gasteiger partial charge is 0.459 e. The number of ether oxygens (including phenoxy) is 2. The molecule has 17 heteroatoms. The molecule has 1 fully saturated rings. The highest BCUT2D eigenvalue weighted by Gasteiger charge is 2.60. The second kappa shape index (κ2) is 14.6. The lowest BCUT2D eigenvalue weighted by Crippen LogP contribution is -2.42. The van der Waals surface area contributed by atoms with Crippen LogP contribution in [0.2, 0.25) is 0 Å². The monoisotopic (exact) mass is 719 g/mol. The molecule has 0 radical (unpaired) electrons. The van der Waals surface area contributed by atoms with E-state index in [1.165, 1.54) is 19.1 Å². The number of alkyl halides is 2. The predicted octanol–water partition coefficient (Wildman–Crippen LogP) is 4.66. The number of carbonyl (C=O) groups excluding carboxylic acids is 2. The van der Waals surface area contributed by atoms with Crippen LogP contribution in [0.3, 0.4) is 0 Å². The molecule has 2 unspecified atom stereocenters. The molecule has 4 N–H and O–H groups in total. The summed E-state index contributed by atoms with van der Waals surface area (Å²) >= 11 is 0. The van der Waals surface area contributed by atoms with Gasteiger partial charge in [0.15, 0.2) is 6.10 Å². The molecule has 2 aliphatic rings. The van der Waals surface area contributed by atoms with Crippen LogP contribution in [0, 0.1) is 0 Å². The molecule has 2 aromatic carbocycles. The summed E-state index contributed by atoms with van der Waals surface area (Å²) in [7, 11) is -4.49. The van der Waals surface area contributed by atoms with Crippen LogP contribution in [0.15, 0.2) is 65.6 Å². The third kappa shape index (κ3) is 8.56. The number of halogens is 2. The Morgan fingerprint density at radius 2 is 1.88 bits per heavy atom. The zero-order chi connectivity index (χ0) is 36.4. The molecule has 270 valence electrons. The lowest BCUT2D eigenvalue weighted by atomic mass is 9.89. The highest BCUT2D eigenvalue weighted by molar-refractivity contribution is 7.52. The average molecular weight is 720 g/mol. The number of aryl methyl sites for hydroxylation is 1. The molecule has 0 spiro atoms. The van der Waals surface area contributed by atoms with E-state index < -0.39 is 68.4 Å². The minimum absolute atomic E-state index is 0.0703. The molecule has 5 rings (SSSR count). The molecule has 3 heterocycles. The molecular weight excluding hydrogens is 679 g/mol. The molecule has 3 aromatic rings. The Morgan fingerprint density at radius 1 is 1.16 bits per heavy atom. The molecule has 5 atom stereocenters. The molecule has 1 saturated heterocycles. The number of benzene rings is 2. The number of fused-ring (bicyclic) bond motifs is 1. The number of anilines is 2. The first-order chi connectivity index (χ1) is 23.5. The summed E-state index contributed by atoms with van der Waals surface area (Å²) in [5, 5.41) is 18.8. The zero-order valence-electron chi connectivity index (χ0n) is 28.1. The van der Waals surface area contributed by atoms with Crippen LogP contribution in [0.5, 0.6) is 5.75 Å². The second-order valence-electron chi connectivity index (χ2n) is 13.0. The van der Waals surface area contributed by atoms with E-state index in [-0.39, 0.29) is 17.1 Å². The number of nitrogens with one attached hydrogen (secondary N) is 3. The van der Waals surface area contributed by atoms with Gasteiger partial charge >= 0.3 is 25.3 Å². The van der Waals surface area contributed by atoms with Gasteiger partial charge in [-0.05, 0) is 83.4 Å². The Kier molecular flexibility index (Phi) is 10.8. The lowest BCUT2D eigenvalue weighted by Gasteiger charge is -2.34. The number of aromatic nitrogens is 2. The average Bonchev–Trinajstić information content (AvgIpc) is 3.26. The van der Waals surface area contributed by atoms with Crippen molar-refractivity contribution in [3.63, 3.8) is 0 Å². The van der Waals surface area contributed by atoms with E-state index in [2.05, 4.69) is 34.6 Å². The highest BCUT2D eigenvalue weighted by Crippen LogP contribution is 2.48. The largest absolute Gasteiger partial charge is 0.462 e. The quantitative estimate of drug-likeness (QED) is 0.151. The van der Waals surface area contributed by atoms with Crippen molar-refractivity contribution in [1.29, 1.82) is 0 Å². The van der Waals surface area contributed by atoms with Crippen molar-refractivity contribution >= 4 is 31.1 Å². The fourth-order valence-corrected chi connectivity index (χ4v) is 6.89. The van der Waals surface area contributed by atoms with Crippen molar-refractivity contribution in [2.24, 2.45) is 0 Å². The molecule has 2 aliphatic heterocycles. The predicted molar refractivity (Wildman–Crippen MR) is 178 cm³/mol. The Labute approximate surface area is 287 Å². The Morgan fingerprint density at radius 3 is 2.56 bits per heavy atom. The van der Waals surface area contributed by atoms with Gasteiger partial charge in [0.1, 0.15) is 23.7 Å². The lowest BCUT2D eigenvalue weighted by molar-refractivity contribution is -0.149. The summed E-state index contributed by atoms with van der Waals surface area (Å²) in [6.45, 7) is 7.79. The van der Waals surface area contributed by atoms with Gasteiger partial charge in [0.25, 0.3) is 5.91 Å². The first-order valence-electron chi connectivity index (χ1n) is 16.0. The van der Waals surface area contributed by atoms with Gasteiger partial charge < -0.3 is 29.7 Å². The topological polar surface area (TPSA) is 179 Å². The molecular formula is C33H40F2N5O9P. The van der Waals surface area contributed by atoms with E-state index in [1.54, 1.807) is 44.2 Å². The van der Waals surface area contributed by atoms with Crippen molar-refractivity contribution in [3.8, 4) is 5.75 Å². The van der Waals surface area contributed by atoms with E-state index in [0.717, 1.165) is 36.4 Å². The summed E-state index contributed by atoms with van der Waals surface area (Å²) in [6, 6.07) is 12.8. The summed E-state index contributed by atoms with van der Waals surface area (Å²) < 4.78 is 66.4. The van der Waals surface area contributed by atoms with Crippen LogP contribution >= 0.6 is 7.75 Å². The molecule has 1 aromatic heterocycles. The Balaban J connectivity index is 1.28. The van der Waals surface area contributed by atoms with Crippen LogP contribution in [0.4, 0.5) is 20.3 Å². The van der Waals surface area contributed by atoms with Gasteiger partial charge in [-0.1, -0.05) is 24.3 Å². The molecule has 0 bridgehead atoms. The fraction of sp³-hybridized carbons (Fsp3) is 0.455. The third-order valence-electron chi connectivity index (χ3n) is 8.00. The summed E-state index contributed by atoms with van der Waals surface area (Å²) in [5.41, 5.74) is 0.828. The van der Waals surface area contributed by atoms with Gasteiger partial charge in [-0.15, -0.1) is 0 Å². The van der Waals surface area contributed by atoms with Gasteiger partial charge in [-0.3, -0.25) is 18.7 Å². The van der Waals surface area contributed by atoms with Crippen LogP contribution in [-0.4, -0.2) is 69.0 Å². The fourth-order valence-electron chi connectivity index (χ4n) is 5.39. The van der Waals surface area contributed by atoms with Crippen molar-refractivity contribution in [1.82, 2.24) is 14.6 Å². The number of amides is 1. The van der Waals surface area contributed by atoms with E-state index in [4.69, 9.17) is 18.5 Å². The first kappa shape index (κ1) is 37.1. The maximum absolute atomic E-state index is 15.4. The standard InChI is InChI=1S/C33H40F2N5O9P/c1-19(2)47-29(43)20(3)39-50(45,49-23-9-7-6-8-10-23)46-18-25-27(41)33(34,35)30(48-25)40-16-14-26(37-31(40)44)36-28(42)22-12-11-21-13-15-32(4,5)38-24(21)17-22/h6-12,14,16-17,19-20,25,27,30,38,41H,13,15,18H2,1-5H3,(H,39,45)(H,36,37,42,44)/t20-,25-,27-,30?,50?/m1/s1. The van der Waals surface area contributed by atoms with E-state index >= 15 is 8.78 Å². The SMILES string of the molecule is CC(C)OC(=O)[C@@H](C)NP(=O)(OC[C@H]1OC(n2ccc(NC(=O)c3ccc4c(c3)NC(C)(C)CC4)nc2=O)C(F)(F)[C@@H]1O)Oc1ccccc1. The normalized spacial score (nSPS) is 22.5. The Bertz CT molecular complexity index is 1820. The summed E-state index contributed by atoms with van der Waals surface area (Å²) in [5.74, 6) is -5.51. The number of carbonyl (C=O) groups is 2. The van der Waals surface area contributed by atoms with Crippen molar-refractivity contribution in [3.05, 3.63) is 82.4 Å². The molecule has 0 aliphatic carbocycles.